The molecule has 2 unspecified atom stereocenters. The van der Waals surface area contributed by atoms with Crippen LogP contribution < -0.4 is 10.2 Å². The number of carbonyl (C=O) groups excluding carboxylic acids is 4. The zero-order valence-corrected chi connectivity index (χ0v) is 28.5. The van der Waals surface area contributed by atoms with Crippen molar-refractivity contribution >= 4 is 41.1 Å². The number of likely N-dealkylation sites (tertiary alicyclic amines) is 2. The first-order chi connectivity index (χ1) is 24.3. The lowest BCUT2D eigenvalue weighted by atomic mass is 9.96. The number of nitrogens with one attached hydrogen (secondary N) is 1. The van der Waals surface area contributed by atoms with Gasteiger partial charge in [-0.3, -0.25) is 34.1 Å². The van der Waals surface area contributed by atoms with Crippen LogP contribution in [0.25, 0.3) is 5.57 Å². The molecular formula is C40H44N6O4. The summed E-state index contributed by atoms with van der Waals surface area (Å²) in [5.41, 5.74) is 3.54. The molecule has 4 amide bonds. The van der Waals surface area contributed by atoms with Crippen molar-refractivity contribution in [1.82, 2.24) is 20.1 Å². The van der Waals surface area contributed by atoms with Gasteiger partial charge in [0.15, 0.2) is 0 Å². The zero-order chi connectivity index (χ0) is 35.5. The maximum atomic E-state index is 14.8. The number of benzene rings is 2. The van der Waals surface area contributed by atoms with Crippen molar-refractivity contribution < 1.29 is 19.2 Å². The largest absolute Gasteiger partial charge is 0.351 e. The number of hydrogen-bond donors (Lipinski definition) is 1. The fraction of sp³-hybridized carbons (Fsp3) is 0.300. The molecule has 3 heterocycles. The van der Waals surface area contributed by atoms with E-state index < -0.39 is 12.1 Å². The van der Waals surface area contributed by atoms with Gasteiger partial charge in [-0.15, -0.1) is 0 Å². The monoisotopic (exact) mass is 672 g/mol. The van der Waals surface area contributed by atoms with Crippen LogP contribution in [0.3, 0.4) is 0 Å². The lowest BCUT2D eigenvalue weighted by Crippen LogP contribution is -2.56. The minimum absolute atomic E-state index is 0.0342. The number of carbonyl (C=O) groups is 4. The molecule has 10 heteroatoms. The Labute approximate surface area is 293 Å². The number of hydrogen-bond acceptors (Lipinski definition) is 6. The molecular weight excluding hydrogens is 628 g/mol. The van der Waals surface area contributed by atoms with E-state index in [1.807, 2.05) is 60.4 Å². The van der Waals surface area contributed by atoms with Crippen molar-refractivity contribution in [2.45, 2.75) is 57.2 Å². The molecule has 2 atom stereocenters. The Morgan fingerprint density at radius 1 is 0.920 bits per heavy atom. The second kappa shape index (κ2) is 17.1. The summed E-state index contributed by atoms with van der Waals surface area (Å²) in [4.78, 5) is 68.6. The molecule has 2 aliphatic rings. The SMILES string of the molecule is C=C/N=C\C=C(/C)c1ccc(N(C(=O)C2CCCCN2C(=O)C=C)C(C(=O)NC2CCN(C(=O)c3ccccc3)CC2)c2cccnc2)cc1. The summed E-state index contributed by atoms with van der Waals surface area (Å²) in [6, 6.07) is 18.1. The molecule has 2 fully saturated rings. The number of rotatable bonds is 11. The van der Waals surface area contributed by atoms with Gasteiger partial charge >= 0.3 is 0 Å². The van der Waals surface area contributed by atoms with Crippen molar-refractivity contribution in [2.24, 2.45) is 4.99 Å². The first kappa shape index (κ1) is 35.7. The molecule has 2 saturated heterocycles. The summed E-state index contributed by atoms with van der Waals surface area (Å²) in [5.74, 6) is -1.07. The number of piperidine rings is 2. The van der Waals surface area contributed by atoms with Gasteiger partial charge in [0.1, 0.15) is 12.1 Å². The Kier molecular flexibility index (Phi) is 12.2. The summed E-state index contributed by atoms with van der Waals surface area (Å²) >= 11 is 0. The fourth-order valence-electron chi connectivity index (χ4n) is 6.56. The average Bonchev–Trinajstić information content (AvgIpc) is 3.17. The van der Waals surface area contributed by atoms with Crippen molar-refractivity contribution in [1.29, 1.82) is 0 Å². The Morgan fingerprint density at radius 3 is 2.32 bits per heavy atom. The summed E-state index contributed by atoms with van der Waals surface area (Å²) in [6.45, 7) is 10.6. The molecule has 1 aromatic heterocycles. The molecule has 258 valence electrons. The van der Waals surface area contributed by atoms with E-state index in [2.05, 4.69) is 28.5 Å². The number of aliphatic imine (C=N–C) groups is 1. The van der Waals surface area contributed by atoms with E-state index in [0.717, 1.165) is 24.0 Å². The lowest BCUT2D eigenvalue weighted by Gasteiger charge is -2.40. The topological polar surface area (TPSA) is 115 Å². The molecule has 2 aliphatic heterocycles. The summed E-state index contributed by atoms with van der Waals surface area (Å²) in [6.07, 6.45) is 12.6. The van der Waals surface area contributed by atoms with Crippen LogP contribution in [-0.2, 0) is 14.4 Å². The highest BCUT2D eigenvalue weighted by Gasteiger charge is 2.41. The minimum atomic E-state index is -1.08. The van der Waals surface area contributed by atoms with E-state index >= 15 is 0 Å². The van der Waals surface area contributed by atoms with Gasteiger partial charge < -0.3 is 15.1 Å². The lowest BCUT2D eigenvalue weighted by molar-refractivity contribution is -0.138. The number of anilines is 1. The van der Waals surface area contributed by atoms with Gasteiger partial charge in [0.25, 0.3) is 11.8 Å². The first-order valence-electron chi connectivity index (χ1n) is 17.0. The maximum Gasteiger partial charge on any atom is 0.253 e. The number of pyridine rings is 1. The highest BCUT2D eigenvalue weighted by atomic mass is 16.2. The predicted octanol–water partition coefficient (Wildman–Crippen LogP) is 5.76. The molecule has 5 rings (SSSR count). The Morgan fingerprint density at radius 2 is 1.66 bits per heavy atom. The second-order valence-corrected chi connectivity index (χ2v) is 12.5. The molecule has 0 radical (unpaired) electrons. The van der Waals surface area contributed by atoms with Crippen molar-refractivity contribution in [2.75, 3.05) is 24.5 Å². The van der Waals surface area contributed by atoms with Crippen LogP contribution in [0.4, 0.5) is 5.69 Å². The van der Waals surface area contributed by atoms with E-state index in [4.69, 9.17) is 0 Å². The van der Waals surface area contributed by atoms with Crippen molar-refractivity contribution in [3.8, 4) is 0 Å². The van der Waals surface area contributed by atoms with Crippen LogP contribution in [0.15, 0.2) is 116 Å². The summed E-state index contributed by atoms with van der Waals surface area (Å²) < 4.78 is 0. The number of amides is 4. The van der Waals surface area contributed by atoms with Gasteiger partial charge in [-0.05, 0) is 92.6 Å². The molecule has 0 bridgehead atoms. The van der Waals surface area contributed by atoms with E-state index in [1.54, 1.807) is 47.8 Å². The zero-order valence-electron chi connectivity index (χ0n) is 28.5. The van der Waals surface area contributed by atoms with Gasteiger partial charge in [0.2, 0.25) is 11.8 Å². The van der Waals surface area contributed by atoms with Crippen LogP contribution in [0, 0.1) is 0 Å². The number of aromatic nitrogens is 1. The molecule has 3 aromatic rings. The van der Waals surface area contributed by atoms with Crippen LogP contribution in [-0.4, -0.2) is 76.3 Å². The quantitative estimate of drug-likeness (QED) is 0.206. The van der Waals surface area contributed by atoms with Crippen LogP contribution in [0.5, 0.6) is 0 Å². The summed E-state index contributed by atoms with van der Waals surface area (Å²) in [7, 11) is 0. The molecule has 1 N–H and O–H groups in total. The highest BCUT2D eigenvalue weighted by molar-refractivity contribution is 6.05. The number of nitrogens with zero attached hydrogens (tertiary/aromatic N) is 5. The molecule has 0 aliphatic carbocycles. The molecule has 0 saturated carbocycles. The van der Waals surface area contributed by atoms with Gasteiger partial charge in [0.05, 0.1) is 0 Å². The Hall–Kier alpha value is -5.64. The Bertz CT molecular complexity index is 1730. The van der Waals surface area contributed by atoms with Gasteiger partial charge in [0, 0.05) is 67.3 Å². The normalized spacial score (nSPS) is 17.5. The van der Waals surface area contributed by atoms with Crippen molar-refractivity contribution in [3.05, 3.63) is 127 Å². The minimum Gasteiger partial charge on any atom is -0.351 e. The van der Waals surface area contributed by atoms with Crippen LogP contribution >= 0.6 is 0 Å². The summed E-state index contributed by atoms with van der Waals surface area (Å²) in [5, 5.41) is 3.20. The standard InChI is InChI=1S/C40H44N6O4/c1-4-36(47)45-25-10-9-15-35(45)40(50)46(34-18-16-30(17-19-34)29(3)20-24-41-5-2)37(32-14-11-23-42-28-32)38(48)43-33-21-26-44(27-22-33)39(49)31-12-7-6-8-13-31/h4-8,11-14,16-20,23-24,28,33,35,37H,1-2,9-10,15,21-22,25-27H2,3H3,(H,43,48)/b29-20+,41-24-. The van der Waals surface area contributed by atoms with E-state index in [-0.39, 0.29) is 29.7 Å². The first-order valence-corrected chi connectivity index (χ1v) is 17.0. The van der Waals surface area contributed by atoms with Crippen molar-refractivity contribution in [3.63, 3.8) is 0 Å². The molecule has 10 nitrogen and oxygen atoms in total. The van der Waals surface area contributed by atoms with Gasteiger partial charge in [-0.25, -0.2) is 0 Å². The average molecular weight is 673 g/mol. The van der Waals surface area contributed by atoms with E-state index in [9.17, 15) is 19.2 Å². The van der Waals surface area contributed by atoms with Gasteiger partial charge in [-0.2, -0.15) is 0 Å². The van der Waals surface area contributed by atoms with E-state index in [1.165, 1.54) is 17.2 Å². The second-order valence-electron chi connectivity index (χ2n) is 12.5. The molecule has 0 spiro atoms. The maximum absolute atomic E-state index is 14.8. The van der Waals surface area contributed by atoms with E-state index in [0.29, 0.717) is 55.7 Å². The van der Waals surface area contributed by atoms with Crippen LogP contribution in [0.1, 0.15) is 66.6 Å². The van der Waals surface area contributed by atoms with Crippen LogP contribution in [0.2, 0.25) is 0 Å². The fourth-order valence-corrected chi connectivity index (χ4v) is 6.56. The predicted molar refractivity (Wildman–Crippen MR) is 196 cm³/mol. The number of allylic oxidation sites excluding steroid dienone is 2. The molecule has 2 aromatic carbocycles. The van der Waals surface area contributed by atoms with Gasteiger partial charge in [-0.1, -0.05) is 49.6 Å². The third-order valence-electron chi connectivity index (χ3n) is 9.26. The molecule has 50 heavy (non-hydrogen) atoms. The third kappa shape index (κ3) is 8.49. The Balaban J connectivity index is 1.47. The highest BCUT2D eigenvalue weighted by Crippen LogP contribution is 2.33. The third-order valence-corrected chi connectivity index (χ3v) is 9.26. The smallest absolute Gasteiger partial charge is 0.253 e.